The summed E-state index contributed by atoms with van der Waals surface area (Å²) >= 11 is 0. The largest absolute Gasteiger partial charge is 2.00 e. The molecule has 4 nitrogen and oxygen atoms in total. The number of alkyl halides is 3. The van der Waals surface area contributed by atoms with Crippen molar-refractivity contribution in [2.75, 3.05) is 26.3 Å². The second-order valence-electron chi connectivity index (χ2n) is 7.58. The fourth-order valence-electron chi connectivity index (χ4n) is 3.72. The average Bonchev–Trinajstić information content (AvgIpc) is 3.19. The van der Waals surface area contributed by atoms with Crippen LogP contribution in [0, 0.1) is 18.3 Å². The first-order chi connectivity index (χ1) is 14.8. The number of hydrogen-bond donors (Lipinski definition) is 1. The molecule has 5 rings (SSSR count). The maximum absolute atomic E-state index is 13.1. The Morgan fingerprint density at radius 1 is 1.22 bits per heavy atom. The van der Waals surface area contributed by atoms with Crippen molar-refractivity contribution >= 4 is 10.9 Å². The van der Waals surface area contributed by atoms with E-state index in [0.717, 1.165) is 31.3 Å². The Morgan fingerprint density at radius 3 is 2.75 bits per heavy atom. The molecule has 1 radical (unpaired) electrons. The Morgan fingerprint density at radius 2 is 2.03 bits per heavy atom. The molecule has 1 fully saturated rings. The molecule has 32 heavy (non-hydrogen) atoms. The predicted molar refractivity (Wildman–Crippen MR) is 108 cm³/mol. The number of aromatic amines is 1. The number of halogens is 4. The van der Waals surface area contributed by atoms with Crippen LogP contribution in [0.5, 0.6) is 5.75 Å². The monoisotopic (exact) mass is 489 g/mol. The second kappa shape index (κ2) is 10.2. The number of aromatic nitrogens is 1. The number of hydrogen-bond acceptors (Lipinski definition) is 3. The van der Waals surface area contributed by atoms with E-state index < -0.39 is 11.9 Å². The third-order valence-corrected chi connectivity index (χ3v) is 5.25. The van der Waals surface area contributed by atoms with E-state index in [0.29, 0.717) is 23.3 Å². The summed E-state index contributed by atoms with van der Waals surface area (Å²) in [5.74, 6) is 0.396. The molecule has 1 N–H and O–H groups in total. The molecular formula is C23H22F4MnN2O2. The van der Waals surface area contributed by atoms with E-state index in [9.17, 15) is 17.6 Å². The summed E-state index contributed by atoms with van der Waals surface area (Å²) in [4.78, 5) is 4.64. The smallest absolute Gasteiger partial charge is 0.549 e. The molecule has 3 aromatic rings. The van der Waals surface area contributed by atoms with Gasteiger partial charge in [-0.1, -0.05) is 6.07 Å². The zero-order valence-corrected chi connectivity index (χ0v) is 18.4. The Hall–Kier alpha value is -2.19. The maximum atomic E-state index is 13.1. The third-order valence-electron chi connectivity index (χ3n) is 5.25. The molecule has 0 aliphatic carbocycles. The van der Waals surface area contributed by atoms with E-state index in [1.807, 2.05) is 0 Å². The average molecular weight is 489 g/mol. The topological polar surface area (TPSA) is 37.5 Å². The van der Waals surface area contributed by atoms with Gasteiger partial charge in [-0.25, -0.2) is 4.39 Å². The van der Waals surface area contributed by atoms with Crippen molar-refractivity contribution in [1.82, 2.24) is 9.88 Å². The number of fused-ring (bicyclic) bond motifs is 2. The van der Waals surface area contributed by atoms with Gasteiger partial charge in [0.1, 0.15) is 5.82 Å². The van der Waals surface area contributed by atoms with Crippen molar-refractivity contribution in [3.63, 3.8) is 0 Å². The van der Waals surface area contributed by atoms with Crippen molar-refractivity contribution < 1.29 is 44.1 Å². The number of H-pyrrole nitrogens is 1. The number of benzene rings is 2. The van der Waals surface area contributed by atoms with Crippen LogP contribution in [0.1, 0.15) is 18.2 Å². The zero-order valence-electron chi connectivity index (χ0n) is 17.3. The number of rotatable bonds is 1. The summed E-state index contributed by atoms with van der Waals surface area (Å²) in [5.41, 5.74) is 0.701. The molecule has 0 amide bonds. The Balaban J connectivity index is 0.000000184. The summed E-state index contributed by atoms with van der Waals surface area (Å²) < 4.78 is 60.8. The van der Waals surface area contributed by atoms with Gasteiger partial charge in [0.2, 0.25) is 0 Å². The van der Waals surface area contributed by atoms with Crippen molar-refractivity contribution in [1.29, 1.82) is 0 Å². The molecule has 2 aromatic carbocycles. The molecule has 2 aliphatic heterocycles. The first kappa shape index (κ1) is 24.5. The minimum Gasteiger partial charge on any atom is -0.549 e. The molecule has 2 unspecified atom stereocenters. The van der Waals surface area contributed by atoms with Crippen LogP contribution in [0.4, 0.5) is 17.6 Å². The van der Waals surface area contributed by atoms with Gasteiger partial charge in [0.25, 0.3) is 0 Å². The fourth-order valence-corrected chi connectivity index (χ4v) is 3.72. The number of nitrogens with zero attached hydrogens (tertiary/aromatic N) is 1. The van der Waals surface area contributed by atoms with E-state index in [4.69, 9.17) is 9.47 Å². The van der Waals surface area contributed by atoms with Crippen molar-refractivity contribution in [3.05, 3.63) is 72.0 Å². The molecule has 0 saturated carbocycles. The maximum Gasteiger partial charge on any atom is 2.00 e. The minimum absolute atomic E-state index is 0. The van der Waals surface area contributed by atoms with Gasteiger partial charge in [0, 0.05) is 24.9 Å². The van der Waals surface area contributed by atoms with E-state index in [1.165, 1.54) is 12.1 Å². The molecular weight excluding hydrogens is 467 g/mol. The third kappa shape index (κ3) is 5.78. The minimum atomic E-state index is -4.31. The molecule has 1 aromatic heterocycles. The van der Waals surface area contributed by atoms with E-state index >= 15 is 0 Å². The van der Waals surface area contributed by atoms with E-state index in [1.54, 1.807) is 24.3 Å². The Kier molecular flexibility index (Phi) is 7.77. The van der Waals surface area contributed by atoms with Crippen molar-refractivity contribution in [2.24, 2.45) is 0 Å². The van der Waals surface area contributed by atoms with Gasteiger partial charge >= 0.3 is 23.2 Å². The molecule has 1 saturated heterocycles. The molecule has 2 atom stereocenters. The zero-order chi connectivity index (χ0) is 22.0. The first-order valence-corrected chi connectivity index (χ1v) is 9.99. The van der Waals surface area contributed by atoms with Gasteiger partial charge in [0.15, 0.2) is 0 Å². The number of nitrogens with one attached hydrogen (secondary N) is 1. The van der Waals surface area contributed by atoms with Gasteiger partial charge in [-0.3, -0.25) is 4.90 Å². The summed E-state index contributed by atoms with van der Waals surface area (Å²) in [6.45, 7) is 5.27. The first-order valence-electron chi connectivity index (χ1n) is 9.99. The predicted octanol–water partition coefficient (Wildman–Crippen LogP) is 4.84. The summed E-state index contributed by atoms with van der Waals surface area (Å²) in [6, 6.07) is 13.5. The Bertz CT molecular complexity index is 1010. The van der Waals surface area contributed by atoms with Crippen LogP contribution in [0.2, 0.25) is 0 Å². The quantitative estimate of drug-likeness (QED) is 0.302. The van der Waals surface area contributed by atoms with Crippen LogP contribution >= 0.6 is 0 Å². The van der Waals surface area contributed by atoms with Gasteiger partial charge < -0.3 is 14.5 Å². The van der Waals surface area contributed by atoms with Crippen LogP contribution in [-0.4, -0.2) is 48.3 Å². The molecule has 9 heteroatoms. The van der Waals surface area contributed by atoms with Crippen LogP contribution in [0.25, 0.3) is 10.9 Å². The number of ether oxygens (including phenoxy) is 2. The molecule has 3 heterocycles. The van der Waals surface area contributed by atoms with Crippen LogP contribution < -0.4 is 4.74 Å². The SMILES string of the molecule is CC1CN(C2[CH-]c3ccc(F)cc3OC2)CCO1.FC(F)(F)c1cc2[c-]cccc2[nH]1.[Mn+2]. The van der Waals surface area contributed by atoms with Gasteiger partial charge in [0.05, 0.1) is 25.0 Å². The normalized spacial score (nSPS) is 20.8. The summed E-state index contributed by atoms with van der Waals surface area (Å²) in [6.07, 6.45) is -1.88. The van der Waals surface area contributed by atoms with Gasteiger partial charge in [-0.05, 0) is 18.5 Å². The Labute approximate surface area is 194 Å². The standard InChI is InChI=1S/C14H17FNO2.C9H5F3N.Mn/c1-10-8-16(4-5-17-10)13-6-11-2-3-12(15)7-14(11)18-9-13;10-9(11,12)8-5-6-3-1-2-4-7(6)13-8;/h2-3,6-7,10,13H,4-5,8-9H2,1H3;1-2,4-5,13H;/q2*-1;+2. The fraction of sp³-hybridized carbons (Fsp3) is 0.348. The molecule has 0 spiro atoms. The van der Waals surface area contributed by atoms with Gasteiger partial charge in [-0.2, -0.15) is 25.7 Å². The molecule has 2 aliphatic rings. The summed E-state index contributed by atoms with van der Waals surface area (Å²) in [7, 11) is 0. The molecule has 171 valence electrons. The summed E-state index contributed by atoms with van der Waals surface area (Å²) in [5, 5.41) is 0.454. The van der Waals surface area contributed by atoms with Crippen molar-refractivity contribution in [2.45, 2.75) is 25.2 Å². The van der Waals surface area contributed by atoms with Crippen LogP contribution in [0.3, 0.4) is 0 Å². The van der Waals surface area contributed by atoms with Crippen molar-refractivity contribution in [3.8, 4) is 5.75 Å². The van der Waals surface area contributed by atoms with Gasteiger partial charge in [-0.15, -0.1) is 41.3 Å². The van der Waals surface area contributed by atoms with E-state index in [2.05, 4.69) is 29.3 Å². The second-order valence-corrected chi connectivity index (χ2v) is 7.58. The van der Waals surface area contributed by atoms with Crippen LogP contribution in [0.15, 0.2) is 42.5 Å². The van der Waals surface area contributed by atoms with E-state index in [-0.39, 0.29) is 35.0 Å². The number of morpholine rings is 1. The van der Waals surface area contributed by atoms with Crippen LogP contribution in [-0.2, 0) is 28.0 Å². The molecule has 0 bridgehead atoms.